The maximum atomic E-state index is 12.5. The summed E-state index contributed by atoms with van der Waals surface area (Å²) in [5.74, 6) is 1.57. The standard InChI is InChI=1S/C16H32N2O/c1-5-15-8-6-13(4)18(15)16(19)9-7-14(10-11-17)12(2)3/h12-15H,5-11,17H2,1-4H3. The SMILES string of the molecule is CCC1CCC(C)N1C(=O)CCC(CCN)C(C)C. The van der Waals surface area contributed by atoms with Crippen LogP contribution in [0.1, 0.15) is 66.2 Å². The Labute approximate surface area is 118 Å². The number of nitrogens with zero attached hydrogens (tertiary/aromatic N) is 1. The lowest BCUT2D eigenvalue weighted by Crippen LogP contribution is -2.39. The van der Waals surface area contributed by atoms with Gasteiger partial charge in [0.15, 0.2) is 0 Å². The summed E-state index contributed by atoms with van der Waals surface area (Å²) in [5, 5.41) is 0. The van der Waals surface area contributed by atoms with Crippen LogP contribution in [-0.2, 0) is 4.79 Å². The Morgan fingerprint density at radius 3 is 2.53 bits per heavy atom. The van der Waals surface area contributed by atoms with Gasteiger partial charge in [-0.05, 0) is 57.4 Å². The zero-order valence-electron chi connectivity index (χ0n) is 13.2. The van der Waals surface area contributed by atoms with Crippen LogP contribution in [0, 0.1) is 11.8 Å². The third-order valence-electron chi connectivity index (χ3n) is 4.75. The first kappa shape index (κ1) is 16.5. The van der Waals surface area contributed by atoms with Gasteiger partial charge in [-0.3, -0.25) is 4.79 Å². The minimum Gasteiger partial charge on any atom is -0.337 e. The highest BCUT2D eigenvalue weighted by Crippen LogP contribution is 2.28. The van der Waals surface area contributed by atoms with Crippen LogP contribution in [0.5, 0.6) is 0 Å². The maximum Gasteiger partial charge on any atom is 0.223 e. The molecule has 0 spiro atoms. The summed E-state index contributed by atoms with van der Waals surface area (Å²) < 4.78 is 0. The van der Waals surface area contributed by atoms with Crippen LogP contribution < -0.4 is 5.73 Å². The largest absolute Gasteiger partial charge is 0.337 e. The van der Waals surface area contributed by atoms with Crippen LogP contribution in [0.4, 0.5) is 0 Å². The Bertz CT molecular complexity index is 278. The third-order valence-corrected chi connectivity index (χ3v) is 4.75. The van der Waals surface area contributed by atoms with E-state index in [9.17, 15) is 4.79 Å². The molecule has 1 aliphatic heterocycles. The number of rotatable bonds is 7. The molecule has 1 saturated heterocycles. The Morgan fingerprint density at radius 1 is 1.32 bits per heavy atom. The molecule has 0 saturated carbocycles. The van der Waals surface area contributed by atoms with Gasteiger partial charge in [0.05, 0.1) is 0 Å². The molecular weight excluding hydrogens is 236 g/mol. The van der Waals surface area contributed by atoms with E-state index in [2.05, 4.69) is 32.6 Å². The number of hydrogen-bond acceptors (Lipinski definition) is 2. The Morgan fingerprint density at radius 2 is 2.00 bits per heavy atom. The predicted molar refractivity (Wildman–Crippen MR) is 80.9 cm³/mol. The number of carbonyl (C=O) groups is 1. The van der Waals surface area contributed by atoms with Gasteiger partial charge < -0.3 is 10.6 Å². The van der Waals surface area contributed by atoms with Gasteiger partial charge in [-0.25, -0.2) is 0 Å². The highest BCUT2D eigenvalue weighted by Gasteiger charge is 2.32. The minimum absolute atomic E-state index is 0.361. The summed E-state index contributed by atoms with van der Waals surface area (Å²) in [7, 11) is 0. The molecule has 1 fully saturated rings. The van der Waals surface area contributed by atoms with E-state index in [-0.39, 0.29) is 0 Å². The molecular formula is C16H32N2O. The van der Waals surface area contributed by atoms with Crippen LogP contribution >= 0.6 is 0 Å². The van der Waals surface area contributed by atoms with E-state index in [0.717, 1.165) is 25.8 Å². The van der Waals surface area contributed by atoms with E-state index in [4.69, 9.17) is 5.73 Å². The Balaban J connectivity index is 2.49. The van der Waals surface area contributed by atoms with E-state index in [1.165, 1.54) is 12.8 Å². The van der Waals surface area contributed by atoms with Crippen molar-refractivity contribution < 1.29 is 4.79 Å². The van der Waals surface area contributed by atoms with Gasteiger partial charge in [-0.1, -0.05) is 20.8 Å². The average molecular weight is 268 g/mol. The van der Waals surface area contributed by atoms with Crippen LogP contribution in [-0.4, -0.2) is 29.4 Å². The van der Waals surface area contributed by atoms with Gasteiger partial charge in [0.2, 0.25) is 5.91 Å². The molecule has 3 atom stereocenters. The Hall–Kier alpha value is -0.570. The molecule has 2 N–H and O–H groups in total. The van der Waals surface area contributed by atoms with Crippen molar-refractivity contribution >= 4 is 5.91 Å². The van der Waals surface area contributed by atoms with Crippen molar-refractivity contribution in [2.75, 3.05) is 6.54 Å². The lowest BCUT2D eigenvalue weighted by atomic mass is 9.88. The molecule has 1 aliphatic rings. The summed E-state index contributed by atoms with van der Waals surface area (Å²) in [5.41, 5.74) is 5.67. The van der Waals surface area contributed by atoms with Crippen LogP contribution in [0.3, 0.4) is 0 Å². The zero-order chi connectivity index (χ0) is 14.4. The fourth-order valence-corrected chi connectivity index (χ4v) is 3.38. The van der Waals surface area contributed by atoms with Crippen LogP contribution in [0.15, 0.2) is 0 Å². The van der Waals surface area contributed by atoms with Crippen LogP contribution in [0.25, 0.3) is 0 Å². The Kier molecular flexibility index (Phi) is 6.84. The van der Waals surface area contributed by atoms with Crippen molar-refractivity contribution in [2.45, 2.75) is 78.3 Å². The second-order valence-electron chi connectivity index (χ2n) is 6.41. The number of hydrogen-bond donors (Lipinski definition) is 1. The lowest BCUT2D eigenvalue weighted by molar-refractivity contribution is -0.134. The van der Waals surface area contributed by atoms with Crippen molar-refractivity contribution in [1.82, 2.24) is 4.90 Å². The first-order valence-corrected chi connectivity index (χ1v) is 8.02. The third kappa shape index (κ3) is 4.48. The molecule has 1 heterocycles. The lowest BCUT2D eigenvalue weighted by Gasteiger charge is -2.29. The van der Waals surface area contributed by atoms with Crippen molar-refractivity contribution in [1.29, 1.82) is 0 Å². The molecule has 0 aromatic heterocycles. The molecule has 0 bridgehead atoms. The normalized spacial score (nSPS) is 25.1. The first-order valence-electron chi connectivity index (χ1n) is 8.02. The van der Waals surface area contributed by atoms with Gasteiger partial charge in [0, 0.05) is 18.5 Å². The fraction of sp³-hybridized carbons (Fsp3) is 0.938. The van der Waals surface area contributed by atoms with Crippen molar-refractivity contribution in [3.8, 4) is 0 Å². The highest BCUT2D eigenvalue weighted by atomic mass is 16.2. The quantitative estimate of drug-likeness (QED) is 0.771. The number of nitrogens with two attached hydrogens (primary N) is 1. The van der Waals surface area contributed by atoms with Crippen molar-refractivity contribution in [3.63, 3.8) is 0 Å². The molecule has 3 heteroatoms. The zero-order valence-corrected chi connectivity index (χ0v) is 13.2. The summed E-state index contributed by atoms with van der Waals surface area (Å²) >= 11 is 0. The summed E-state index contributed by atoms with van der Waals surface area (Å²) in [6, 6.07) is 0.916. The van der Waals surface area contributed by atoms with E-state index in [1.807, 2.05) is 0 Å². The maximum absolute atomic E-state index is 12.5. The molecule has 0 aliphatic carbocycles. The first-order chi connectivity index (χ1) is 9.01. The van der Waals surface area contributed by atoms with E-state index in [1.54, 1.807) is 0 Å². The van der Waals surface area contributed by atoms with Gasteiger partial charge in [-0.15, -0.1) is 0 Å². The minimum atomic E-state index is 0.361. The molecule has 0 aromatic carbocycles. The van der Waals surface area contributed by atoms with Crippen molar-refractivity contribution in [3.05, 3.63) is 0 Å². The summed E-state index contributed by atoms with van der Waals surface area (Å²) in [6.07, 6.45) is 6.17. The van der Waals surface area contributed by atoms with E-state index >= 15 is 0 Å². The summed E-state index contributed by atoms with van der Waals surface area (Å²) in [4.78, 5) is 14.6. The smallest absolute Gasteiger partial charge is 0.223 e. The van der Waals surface area contributed by atoms with E-state index in [0.29, 0.717) is 36.2 Å². The monoisotopic (exact) mass is 268 g/mol. The molecule has 0 radical (unpaired) electrons. The molecule has 112 valence electrons. The second-order valence-corrected chi connectivity index (χ2v) is 6.41. The number of likely N-dealkylation sites (tertiary alicyclic amines) is 1. The topological polar surface area (TPSA) is 46.3 Å². The number of carbonyl (C=O) groups excluding carboxylic acids is 1. The molecule has 1 amide bonds. The molecule has 19 heavy (non-hydrogen) atoms. The molecule has 3 nitrogen and oxygen atoms in total. The fourth-order valence-electron chi connectivity index (χ4n) is 3.38. The predicted octanol–water partition coefficient (Wildman–Crippen LogP) is 3.18. The van der Waals surface area contributed by atoms with Crippen LogP contribution in [0.2, 0.25) is 0 Å². The summed E-state index contributed by atoms with van der Waals surface area (Å²) in [6.45, 7) is 9.58. The number of amides is 1. The average Bonchev–Trinajstić information content (AvgIpc) is 2.74. The molecule has 3 unspecified atom stereocenters. The second kappa shape index (κ2) is 7.88. The van der Waals surface area contributed by atoms with Gasteiger partial charge in [0.25, 0.3) is 0 Å². The van der Waals surface area contributed by atoms with Gasteiger partial charge >= 0.3 is 0 Å². The van der Waals surface area contributed by atoms with Crippen molar-refractivity contribution in [2.24, 2.45) is 17.6 Å². The molecule has 1 rings (SSSR count). The van der Waals surface area contributed by atoms with Gasteiger partial charge in [0.1, 0.15) is 0 Å². The van der Waals surface area contributed by atoms with Gasteiger partial charge in [-0.2, -0.15) is 0 Å². The molecule has 0 aromatic rings. The highest BCUT2D eigenvalue weighted by molar-refractivity contribution is 5.77. The van der Waals surface area contributed by atoms with E-state index < -0.39 is 0 Å².